The summed E-state index contributed by atoms with van der Waals surface area (Å²) < 4.78 is 0. The molecule has 0 atom stereocenters. The third-order valence-electron chi connectivity index (χ3n) is 3.56. The van der Waals surface area contributed by atoms with E-state index in [1.165, 1.54) is 0 Å². The van der Waals surface area contributed by atoms with Crippen molar-refractivity contribution in [3.8, 4) is 0 Å². The van der Waals surface area contributed by atoms with E-state index in [1.54, 1.807) is 6.08 Å². The number of nitrogens with two attached hydrogens (primary N) is 1. The number of nitrogens with zero attached hydrogens (tertiary/aromatic N) is 1. The Morgan fingerprint density at radius 3 is 2.67 bits per heavy atom. The summed E-state index contributed by atoms with van der Waals surface area (Å²) >= 11 is 0. The second kappa shape index (κ2) is 8.27. The molecule has 1 saturated carbocycles. The Labute approximate surface area is 111 Å². The van der Waals surface area contributed by atoms with Gasteiger partial charge in [0.1, 0.15) is 0 Å². The van der Waals surface area contributed by atoms with E-state index in [-0.39, 0.29) is 5.91 Å². The predicted molar refractivity (Wildman–Crippen MR) is 75.3 cm³/mol. The summed E-state index contributed by atoms with van der Waals surface area (Å²) in [5, 5.41) is 2.85. The molecular formula is C14H27N3O. The molecule has 3 N–H and O–H groups in total. The smallest absolute Gasteiger partial charge is 0.234 e. The third-order valence-corrected chi connectivity index (χ3v) is 3.56. The molecule has 104 valence electrons. The van der Waals surface area contributed by atoms with Crippen molar-refractivity contribution in [2.45, 2.75) is 51.1 Å². The van der Waals surface area contributed by atoms with E-state index in [9.17, 15) is 4.79 Å². The van der Waals surface area contributed by atoms with Gasteiger partial charge < -0.3 is 11.1 Å². The first-order chi connectivity index (χ1) is 8.67. The van der Waals surface area contributed by atoms with Crippen LogP contribution in [0.1, 0.15) is 39.0 Å². The average Bonchev–Trinajstić information content (AvgIpc) is 2.37. The maximum atomic E-state index is 11.8. The highest BCUT2D eigenvalue weighted by atomic mass is 16.2. The molecule has 4 nitrogen and oxygen atoms in total. The van der Waals surface area contributed by atoms with Crippen molar-refractivity contribution in [1.82, 2.24) is 10.2 Å². The molecule has 0 radical (unpaired) electrons. The Morgan fingerprint density at radius 2 is 2.11 bits per heavy atom. The highest BCUT2D eigenvalue weighted by Gasteiger charge is 2.24. The standard InChI is InChI=1S/C14H27N3O/c1-3-9-16-14(18)11-17(10-4-2)13-7-5-12(15)6-8-13/h3,12-13H,1,4-11,15H2,2H3,(H,16,18). The zero-order chi connectivity index (χ0) is 13.4. The Kier molecular flexibility index (Phi) is 6.98. The second-order valence-corrected chi connectivity index (χ2v) is 5.13. The van der Waals surface area contributed by atoms with Gasteiger partial charge in [-0.3, -0.25) is 9.69 Å². The van der Waals surface area contributed by atoms with Crippen LogP contribution in [0.3, 0.4) is 0 Å². The molecule has 1 rings (SSSR count). The second-order valence-electron chi connectivity index (χ2n) is 5.13. The summed E-state index contributed by atoms with van der Waals surface area (Å²) in [5.74, 6) is 0.0956. The van der Waals surface area contributed by atoms with Crippen molar-refractivity contribution in [3.63, 3.8) is 0 Å². The van der Waals surface area contributed by atoms with Gasteiger partial charge in [-0.25, -0.2) is 0 Å². The first kappa shape index (κ1) is 15.2. The van der Waals surface area contributed by atoms with E-state index in [4.69, 9.17) is 5.73 Å². The zero-order valence-electron chi connectivity index (χ0n) is 11.5. The maximum Gasteiger partial charge on any atom is 0.234 e. The maximum absolute atomic E-state index is 11.8. The van der Waals surface area contributed by atoms with E-state index < -0.39 is 0 Å². The van der Waals surface area contributed by atoms with Gasteiger partial charge in [0.15, 0.2) is 0 Å². The number of hydrogen-bond donors (Lipinski definition) is 2. The van der Waals surface area contributed by atoms with Gasteiger partial charge in [0.25, 0.3) is 0 Å². The monoisotopic (exact) mass is 253 g/mol. The van der Waals surface area contributed by atoms with Gasteiger partial charge in [-0.05, 0) is 38.6 Å². The van der Waals surface area contributed by atoms with Crippen LogP contribution in [0.5, 0.6) is 0 Å². The lowest BCUT2D eigenvalue weighted by Crippen LogP contribution is -2.46. The molecule has 0 aliphatic heterocycles. The molecule has 0 unspecified atom stereocenters. The summed E-state index contributed by atoms with van der Waals surface area (Å²) in [7, 11) is 0. The SMILES string of the molecule is C=CCNC(=O)CN(CCC)C1CCC(N)CC1. The predicted octanol–water partition coefficient (Wildman–Crippen LogP) is 1.27. The quantitative estimate of drug-likeness (QED) is 0.672. The van der Waals surface area contributed by atoms with Gasteiger partial charge in [0.2, 0.25) is 5.91 Å². The molecule has 0 aromatic carbocycles. The van der Waals surface area contributed by atoms with Crippen molar-refractivity contribution < 1.29 is 4.79 Å². The van der Waals surface area contributed by atoms with Gasteiger partial charge in [-0.1, -0.05) is 13.0 Å². The van der Waals surface area contributed by atoms with Gasteiger partial charge in [-0.15, -0.1) is 6.58 Å². The molecule has 0 aromatic rings. The van der Waals surface area contributed by atoms with Gasteiger partial charge in [0, 0.05) is 18.6 Å². The number of carbonyl (C=O) groups is 1. The van der Waals surface area contributed by atoms with Crippen LogP contribution in [0.25, 0.3) is 0 Å². The Morgan fingerprint density at radius 1 is 1.44 bits per heavy atom. The fraction of sp³-hybridized carbons (Fsp3) is 0.786. The first-order valence-electron chi connectivity index (χ1n) is 7.04. The van der Waals surface area contributed by atoms with Crippen LogP contribution >= 0.6 is 0 Å². The van der Waals surface area contributed by atoms with Crippen LogP contribution < -0.4 is 11.1 Å². The molecule has 0 aromatic heterocycles. The molecule has 1 aliphatic carbocycles. The summed E-state index contributed by atoms with van der Waals surface area (Å²) in [6, 6.07) is 0.888. The molecule has 18 heavy (non-hydrogen) atoms. The van der Waals surface area contributed by atoms with E-state index in [0.29, 0.717) is 25.2 Å². The fourth-order valence-electron chi connectivity index (χ4n) is 2.57. The number of nitrogens with one attached hydrogen (secondary N) is 1. The van der Waals surface area contributed by atoms with Crippen LogP contribution in [-0.4, -0.2) is 42.5 Å². The molecule has 1 aliphatic rings. The molecule has 1 amide bonds. The molecule has 0 heterocycles. The minimum atomic E-state index is 0.0956. The van der Waals surface area contributed by atoms with E-state index in [1.807, 2.05) is 0 Å². The minimum Gasteiger partial charge on any atom is -0.352 e. The Balaban J connectivity index is 2.43. The molecule has 0 bridgehead atoms. The van der Waals surface area contributed by atoms with Crippen molar-refractivity contribution in [3.05, 3.63) is 12.7 Å². The van der Waals surface area contributed by atoms with Crippen molar-refractivity contribution >= 4 is 5.91 Å². The van der Waals surface area contributed by atoms with Crippen LogP contribution in [0, 0.1) is 0 Å². The average molecular weight is 253 g/mol. The number of amides is 1. The number of hydrogen-bond acceptors (Lipinski definition) is 3. The van der Waals surface area contributed by atoms with Gasteiger partial charge in [-0.2, -0.15) is 0 Å². The van der Waals surface area contributed by atoms with Crippen LogP contribution in [0.2, 0.25) is 0 Å². The Bertz CT molecular complexity index is 260. The summed E-state index contributed by atoms with van der Waals surface area (Å²) in [5.41, 5.74) is 5.93. The van der Waals surface area contributed by atoms with Gasteiger partial charge >= 0.3 is 0 Å². The van der Waals surface area contributed by atoms with Crippen LogP contribution in [0.15, 0.2) is 12.7 Å². The molecule has 1 fully saturated rings. The van der Waals surface area contributed by atoms with Crippen molar-refractivity contribution in [1.29, 1.82) is 0 Å². The van der Waals surface area contributed by atoms with Crippen molar-refractivity contribution in [2.24, 2.45) is 5.73 Å². The summed E-state index contributed by atoms with van der Waals surface area (Å²) in [6.07, 6.45) is 7.20. The molecule has 0 saturated heterocycles. The largest absolute Gasteiger partial charge is 0.352 e. The number of rotatable bonds is 7. The Hall–Kier alpha value is -0.870. The summed E-state index contributed by atoms with van der Waals surface area (Å²) in [6.45, 7) is 7.80. The zero-order valence-corrected chi connectivity index (χ0v) is 11.5. The van der Waals surface area contributed by atoms with E-state index in [2.05, 4.69) is 23.7 Å². The lowest BCUT2D eigenvalue weighted by Gasteiger charge is -2.35. The highest BCUT2D eigenvalue weighted by molar-refractivity contribution is 5.78. The molecular weight excluding hydrogens is 226 g/mol. The fourth-order valence-corrected chi connectivity index (χ4v) is 2.57. The normalized spacial score (nSPS) is 23.9. The van der Waals surface area contributed by atoms with Crippen LogP contribution in [0.4, 0.5) is 0 Å². The molecule has 4 heteroatoms. The third kappa shape index (κ3) is 5.19. The number of carbonyl (C=O) groups excluding carboxylic acids is 1. The topological polar surface area (TPSA) is 58.4 Å². The van der Waals surface area contributed by atoms with E-state index in [0.717, 1.165) is 38.6 Å². The lowest BCUT2D eigenvalue weighted by atomic mass is 9.90. The first-order valence-corrected chi connectivity index (χ1v) is 7.04. The molecule has 0 spiro atoms. The van der Waals surface area contributed by atoms with Gasteiger partial charge in [0.05, 0.1) is 6.54 Å². The summed E-state index contributed by atoms with van der Waals surface area (Å²) in [4.78, 5) is 14.1. The lowest BCUT2D eigenvalue weighted by molar-refractivity contribution is -0.122. The van der Waals surface area contributed by atoms with Crippen molar-refractivity contribution in [2.75, 3.05) is 19.6 Å². The highest BCUT2D eigenvalue weighted by Crippen LogP contribution is 2.22. The van der Waals surface area contributed by atoms with Crippen LogP contribution in [-0.2, 0) is 4.79 Å². The van der Waals surface area contributed by atoms with E-state index >= 15 is 0 Å². The minimum absolute atomic E-state index is 0.0956.